The van der Waals surface area contributed by atoms with Crippen molar-refractivity contribution in [3.63, 3.8) is 0 Å². The zero-order valence-corrected chi connectivity index (χ0v) is 12.8. The molecule has 0 aliphatic heterocycles. The normalized spacial score (nSPS) is 15.5. The van der Waals surface area contributed by atoms with Crippen LogP contribution in [0.5, 0.6) is 0 Å². The van der Waals surface area contributed by atoms with Crippen LogP contribution in [0.3, 0.4) is 0 Å². The zero-order chi connectivity index (χ0) is 14.9. The van der Waals surface area contributed by atoms with Crippen molar-refractivity contribution in [2.24, 2.45) is 5.92 Å². The van der Waals surface area contributed by atoms with Crippen molar-refractivity contribution >= 4 is 6.16 Å². The van der Waals surface area contributed by atoms with Crippen LogP contribution < -0.4 is 0 Å². The fourth-order valence-electron chi connectivity index (χ4n) is 1.08. The van der Waals surface area contributed by atoms with Gasteiger partial charge in [-0.05, 0) is 6.42 Å². The Morgan fingerprint density at radius 2 is 1.84 bits per heavy atom. The highest BCUT2D eigenvalue weighted by Crippen LogP contribution is 2.11. The molecular formula is C15H28O4. The number of ether oxygens (including phenoxy) is 3. The van der Waals surface area contributed by atoms with Crippen LogP contribution >= 0.6 is 0 Å². The molecule has 1 unspecified atom stereocenters. The lowest BCUT2D eigenvalue weighted by Crippen LogP contribution is -2.15. The molecule has 0 aromatic heterocycles. The van der Waals surface area contributed by atoms with Gasteiger partial charge in [-0.15, -0.1) is 0 Å². The summed E-state index contributed by atoms with van der Waals surface area (Å²) in [6.07, 6.45) is 9.42. The van der Waals surface area contributed by atoms with Gasteiger partial charge in [-0.1, -0.05) is 58.4 Å². The van der Waals surface area contributed by atoms with E-state index in [4.69, 9.17) is 4.74 Å². The number of allylic oxidation sites excluding steroid dienone is 3. The standard InChI is InChI=1S/C10H14O4.C3H8.C2H6/c1-12-8-14-10(11)13-7-9-5-3-2-4-6-9;1-3-2;1-2/h2-5,9H,6-8H2,1H3;3H2,1-2H3;1-2H3. The monoisotopic (exact) mass is 272 g/mol. The maximum absolute atomic E-state index is 10.9. The molecule has 0 fully saturated rings. The molecule has 0 heterocycles. The van der Waals surface area contributed by atoms with Crippen LogP contribution in [-0.2, 0) is 14.2 Å². The smallest absolute Gasteiger partial charge is 0.434 e. The van der Waals surface area contributed by atoms with E-state index in [0.29, 0.717) is 6.61 Å². The van der Waals surface area contributed by atoms with Gasteiger partial charge in [0, 0.05) is 13.0 Å². The molecule has 0 saturated heterocycles. The van der Waals surface area contributed by atoms with Crippen molar-refractivity contribution in [3.8, 4) is 0 Å². The molecule has 0 saturated carbocycles. The van der Waals surface area contributed by atoms with Crippen LogP contribution in [0.4, 0.5) is 4.79 Å². The van der Waals surface area contributed by atoms with Gasteiger partial charge in [0.1, 0.15) is 6.61 Å². The van der Waals surface area contributed by atoms with E-state index in [0.717, 1.165) is 6.42 Å². The van der Waals surface area contributed by atoms with Gasteiger partial charge >= 0.3 is 6.16 Å². The number of rotatable bonds is 4. The summed E-state index contributed by atoms with van der Waals surface area (Å²) < 4.78 is 14.0. The van der Waals surface area contributed by atoms with E-state index in [1.54, 1.807) is 0 Å². The highest BCUT2D eigenvalue weighted by atomic mass is 16.8. The van der Waals surface area contributed by atoms with Crippen LogP contribution in [0.15, 0.2) is 24.3 Å². The maximum atomic E-state index is 10.9. The van der Waals surface area contributed by atoms with Crippen LogP contribution in [0.25, 0.3) is 0 Å². The lowest BCUT2D eigenvalue weighted by atomic mass is 10.0. The molecule has 0 bridgehead atoms. The molecule has 19 heavy (non-hydrogen) atoms. The van der Waals surface area contributed by atoms with Gasteiger partial charge in [-0.3, -0.25) is 0 Å². The summed E-state index contributed by atoms with van der Waals surface area (Å²) in [6.45, 7) is 8.53. The number of carbonyl (C=O) groups excluding carboxylic acids is 1. The Kier molecular flexibility index (Phi) is 17.6. The van der Waals surface area contributed by atoms with Gasteiger partial charge in [0.15, 0.2) is 6.79 Å². The number of carbonyl (C=O) groups is 1. The highest BCUT2D eigenvalue weighted by Gasteiger charge is 2.09. The maximum Gasteiger partial charge on any atom is 0.510 e. The Labute approximate surface area is 117 Å². The quantitative estimate of drug-likeness (QED) is 0.565. The molecule has 1 atom stereocenters. The average Bonchev–Trinajstić information content (AvgIpc) is 2.47. The van der Waals surface area contributed by atoms with E-state index < -0.39 is 6.16 Å². The largest absolute Gasteiger partial charge is 0.510 e. The van der Waals surface area contributed by atoms with Gasteiger partial charge in [0.05, 0.1) is 0 Å². The molecule has 1 aliphatic carbocycles. The number of methoxy groups -OCH3 is 1. The van der Waals surface area contributed by atoms with Crippen LogP contribution in [-0.4, -0.2) is 26.7 Å². The lowest BCUT2D eigenvalue weighted by Gasteiger charge is -2.12. The molecule has 0 aromatic rings. The van der Waals surface area contributed by atoms with Crippen molar-refractivity contribution < 1.29 is 19.0 Å². The Balaban J connectivity index is 0. The Bertz CT molecular complexity index is 247. The Hall–Kier alpha value is -1.29. The first kappa shape index (κ1) is 20.0. The van der Waals surface area contributed by atoms with E-state index in [1.165, 1.54) is 13.5 Å². The molecular weight excluding hydrogens is 244 g/mol. The van der Waals surface area contributed by atoms with Crippen molar-refractivity contribution in [1.29, 1.82) is 0 Å². The van der Waals surface area contributed by atoms with Gasteiger partial charge < -0.3 is 14.2 Å². The van der Waals surface area contributed by atoms with Gasteiger partial charge in [-0.2, -0.15) is 0 Å². The fraction of sp³-hybridized carbons (Fsp3) is 0.667. The fourth-order valence-corrected chi connectivity index (χ4v) is 1.08. The van der Waals surface area contributed by atoms with Crippen molar-refractivity contribution in [2.45, 2.75) is 40.5 Å². The summed E-state index contributed by atoms with van der Waals surface area (Å²) in [5, 5.41) is 0. The second kappa shape index (κ2) is 16.7. The van der Waals surface area contributed by atoms with E-state index in [1.807, 2.05) is 38.2 Å². The van der Waals surface area contributed by atoms with Crippen molar-refractivity contribution in [1.82, 2.24) is 0 Å². The highest BCUT2D eigenvalue weighted by molar-refractivity contribution is 5.59. The van der Waals surface area contributed by atoms with E-state index in [2.05, 4.69) is 23.3 Å². The molecule has 4 heteroatoms. The molecule has 1 rings (SSSR count). The lowest BCUT2D eigenvalue weighted by molar-refractivity contribution is -0.0285. The first-order valence-corrected chi connectivity index (χ1v) is 6.86. The van der Waals surface area contributed by atoms with Crippen molar-refractivity contribution in [3.05, 3.63) is 24.3 Å². The predicted molar refractivity (Wildman–Crippen MR) is 78.0 cm³/mol. The van der Waals surface area contributed by atoms with E-state index in [9.17, 15) is 4.79 Å². The minimum Gasteiger partial charge on any atom is -0.434 e. The molecule has 0 radical (unpaired) electrons. The SMILES string of the molecule is CC.CCC.COCOC(=O)OCC1C=CC=CC1. The van der Waals surface area contributed by atoms with Crippen molar-refractivity contribution in [2.75, 3.05) is 20.5 Å². The molecule has 4 nitrogen and oxygen atoms in total. The van der Waals surface area contributed by atoms with Gasteiger partial charge in [0.2, 0.25) is 0 Å². The van der Waals surface area contributed by atoms with Gasteiger partial charge in [0.25, 0.3) is 0 Å². The third-order valence-electron chi connectivity index (χ3n) is 1.78. The van der Waals surface area contributed by atoms with E-state index >= 15 is 0 Å². The number of hydrogen-bond donors (Lipinski definition) is 0. The first-order valence-electron chi connectivity index (χ1n) is 6.86. The van der Waals surface area contributed by atoms with Gasteiger partial charge in [-0.25, -0.2) is 4.79 Å². The summed E-state index contributed by atoms with van der Waals surface area (Å²) in [5.41, 5.74) is 0. The molecule has 0 aromatic carbocycles. The Morgan fingerprint density at radius 3 is 2.32 bits per heavy atom. The third kappa shape index (κ3) is 14.7. The second-order valence-electron chi connectivity index (χ2n) is 3.63. The molecule has 0 N–H and O–H groups in total. The molecule has 112 valence electrons. The second-order valence-corrected chi connectivity index (χ2v) is 3.63. The van der Waals surface area contributed by atoms with Crippen LogP contribution in [0.2, 0.25) is 0 Å². The summed E-state index contributed by atoms with van der Waals surface area (Å²) in [5.74, 6) is 0.259. The summed E-state index contributed by atoms with van der Waals surface area (Å²) >= 11 is 0. The minimum atomic E-state index is -0.685. The predicted octanol–water partition coefficient (Wildman–Crippen LogP) is 4.32. The van der Waals surface area contributed by atoms with E-state index in [-0.39, 0.29) is 12.7 Å². The topological polar surface area (TPSA) is 44.8 Å². The Morgan fingerprint density at radius 1 is 1.21 bits per heavy atom. The molecule has 0 amide bonds. The molecule has 0 spiro atoms. The summed E-state index contributed by atoms with van der Waals surface area (Å²) in [7, 11) is 1.45. The molecule has 1 aliphatic rings. The van der Waals surface area contributed by atoms with Crippen LogP contribution in [0.1, 0.15) is 40.5 Å². The first-order chi connectivity index (χ1) is 9.24. The zero-order valence-electron chi connectivity index (χ0n) is 12.8. The summed E-state index contributed by atoms with van der Waals surface area (Å²) in [4.78, 5) is 10.9. The minimum absolute atomic E-state index is 0.0702. The number of hydrogen-bond acceptors (Lipinski definition) is 4. The average molecular weight is 272 g/mol. The third-order valence-corrected chi connectivity index (χ3v) is 1.78. The summed E-state index contributed by atoms with van der Waals surface area (Å²) in [6, 6.07) is 0. The van der Waals surface area contributed by atoms with Crippen LogP contribution in [0, 0.1) is 5.92 Å².